The first-order valence-electron chi connectivity index (χ1n) is 29.3. The number of allylic oxidation sites excluding steroid dienone is 4. The second-order valence-corrected chi connectivity index (χ2v) is 19.9. The molecule has 0 heterocycles. The van der Waals surface area contributed by atoms with Crippen molar-refractivity contribution in [3.8, 4) is 0 Å². The number of carbonyl (C=O) groups excluding carboxylic acids is 3. The van der Waals surface area contributed by atoms with Gasteiger partial charge >= 0.3 is 17.9 Å². The Balaban J connectivity index is 4.27. The third-order valence-corrected chi connectivity index (χ3v) is 13.2. The highest BCUT2D eigenvalue weighted by atomic mass is 16.6. The van der Waals surface area contributed by atoms with E-state index in [0.29, 0.717) is 19.3 Å². The molecule has 0 radical (unpaired) electrons. The van der Waals surface area contributed by atoms with Gasteiger partial charge in [0.2, 0.25) is 0 Å². The molecule has 0 N–H and O–H groups in total. The van der Waals surface area contributed by atoms with Crippen LogP contribution in [0.4, 0.5) is 0 Å². The third kappa shape index (κ3) is 52.9. The Kier molecular flexibility index (Phi) is 53.7. The van der Waals surface area contributed by atoms with Gasteiger partial charge in [-0.2, -0.15) is 0 Å². The molecule has 0 amide bonds. The maximum atomic E-state index is 12.8. The lowest BCUT2D eigenvalue weighted by molar-refractivity contribution is -0.167. The lowest BCUT2D eigenvalue weighted by Gasteiger charge is -2.18. The molecule has 0 spiro atoms. The number of ether oxygens (including phenoxy) is 3. The van der Waals surface area contributed by atoms with Crippen LogP contribution in [0.5, 0.6) is 0 Å². The Morgan fingerprint density at radius 2 is 0.500 bits per heavy atom. The molecule has 0 aliphatic heterocycles. The molecule has 0 aromatic heterocycles. The standard InChI is InChI=1S/C60H112O6/c1-4-7-10-13-16-19-22-25-27-28-29-30-31-32-34-35-38-41-44-47-50-53-59(62)65-56-57(55-64-58(61)52-49-46-43-40-37-24-21-18-15-12-9-6-3)66-60(63)54-51-48-45-42-39-36-33-26-23-20-17-14-11-8-5-2/h18,21,26,33,57H,4-17,19-20,22-25,27-32,34-56H2,1-3H3/b21-18-,33-26-. The Labute approximate surface area is 411 Å². The average Bonchev–Trinajstić information content (AvgIpc) is 3.31. The molecule has 0 saturated carbocycles. The van der Waals surface area contributed by atoms with Gasteiger partial charge in [-0.25, -0.2) is 0 Å². The number of esters is 3. The van der Waals surface area contributed by atoms with E-state index in [9.17, 15) is 14.4 Å². The van der Waals surface area contributed by atoms with Crippen molar-refractivity contribution in [1.82, 2.24) is 0 Å². The van der Waals surface area contributed by atoms with Crippen LogP contribution in [0.3, 0.4) is 0 Å². The molecule has 0 aromatic carbocycles. The average molecular weight is 930 g/mol. The number of hydrogen-bond donors (Lipinski definition) is 0. The number of carbonyl (C=O) groups is 3. The number of unbranched alkanes of at least 4 members (excludes halogenated alkanes) is 39. The summed E-state index contributed by atoms with van der Waals surface area (Å²) in [6.07, 6.45) is 64.6. The highest BCUT2D eigenvalue weighted by Gasteiger charge is 2.19. The predicted octanol–water partition coefficient (Wildman–Crippen LogP) is 19.5. The molecule has 0 rings (SSSR count). The van der Waals surface area contributed by atoms with Crippen LogP contribution >= 0.6 is 0 Å². The Bertz CT molecular complexity index is 1070. The van der Waals surface area contributed by atoms with Gasteiger partial charge in [-0.1, -0.05) is 257 Å². The predicted molar refractivity (Wildman–Crippen MR) is 284 cm³/mol. The van der Waals surface area contributed by atoms with Gasteiger partial charge in [0, 0.05) is 19.3 Å². The first kappa shape index (κ1) is 63.9. The van der Waals surface area contributed by atoms with Gasteiger partial charge in [0.25, 0.3) is 0 Å². The summed E-state index contributed by atoms with van der Waals surface area (Å²) in [4.78, 5) is 38.1. The van der Waals surface area contributed by atoms with Crippen molar-refractivity contribution in [2.45, 2.75) is 329 Å². The minimum atomic E-state index is -0.775. The molecular weight excluding hydrogens is 817 g/mol. The maximum absolute atomic E-state index is 12.8. The minimum Gasteiger partial charge on any atom is -0.462 e. The smallest absolute Gasteiger partial charge is 0.306 e. The van der Waals surface area contributed by atoms with E-state index in [2.05, 4.69) is 45.1 Å². The summed E-state index contributed by atoms with van der Waals surface area (Å²) in [5.74, 6) is -0.872. The zero-order valence-corrected chi connectivity index (χ0v) is 44.5. The van der Waals surface area contributed by atoms with Gasteiger partial charge in [-0.05, 0) is 70.6 Å². The second kappa shape index (κ2) is 55.5. The number of rotatable bonds is 54. The monoisotopic (exact) mass is 929 g/mol. The van der Waals surface area contributed by atoms with Crippen molar-refractivity contribution < 1.29 is 28.6 Å². The van der Waals surface area contributed by atoms with Crippen molar-refractivity contribution in [2.24, 2.45) is 0 Å². The third-order valence-electron chi connectivity index (χ3n) is 13.2. The highest BCUT2D eigenvalue weighted by molar-refractivity contribution is 5.71. The minimum absolute atomic E-state index is 0.0729. The van der Waals surface area contributed by atoms with Gasteiger partial charge in [-0.15, -0.1) is 0 Å². The molecule has 0 aliphatic carbocycles. The molecule has 0 fully saturated rings. The summed E-state index contributed by atoms with van der Waals surface area (Å²) in [5.41, 5.74) is 0. The molecule has 6 heteroatoms. The van der Waals surface area contributed by atoms with Crippen molar-refractivity contribution >= 4 is 17.9 Å². The maximum Gasteiger partial charge on any atom is 0.306 e. The van der Waals surface area contributed by atoms with E-state index in [1.165, 1.54) is 212 Å². The summed E-state index contributed by atoms with van der Waals surface area (Å²) in [5, 5.41) is 0. The summed E-state index contributed by atoms with van der Waals surface area (Å²) in [7, 11) is 0. The van der Waals surface area contributed by atoms with E-state index in [0.717, 1.165) is 70.6 Å². The van der Waals surface area contributed by atoms with Crippen molar-refractivity contribution in [3.63, 3.8) is 0 Å². The van der Waals surface area contributed by atoms with E-state index in [4.69, 9.17) is 14.2 Å². The van der Waals surface area contributed by atoms with Gasteiger partial charge in [0.1, 0.15) is 13.2 Å². The summed E-state index contributed by atoms with van der Waals surface area (Å²) in [6, 6.07) is 0. The fraction of sp³-hybridized carbons (Fsp3) is 0.883. The molecule has 0 bridgehead atoms. The molecular formula is C60H112O6. The quantitative estimate of drug-likeness (QED) is 0.0262. The van der Waals surface area contributed by atoms with Crippen LogP contribution in [0.1, 0.15) is 323 Å². The molecule has 0 aliphatic rings. The summed E-state index contributed by atoms with van der Waals surface area (Å²) >= 11 is 0. The Morgan fingerprint density at radius 3 is 0.788 bits per heavy atom. The van der Waals surface area contributed by atoms with Crippen molar-refractivity contribution in [1.29, 1.82) is 0 Å². The molecule has 0 aromatic rings. The van der Waals surface area contributed by atoms with E-state index >= 15 is 0 Å². The van der Waals surface area contributed by atoms with Crippen LogP contribution in [-0.4, -0.2) is 37.2 Å². The zero-order chi connectivity index (χ0) is 47.9. The Morgan fingerprint density at radius 1 is 0.288 bits per heavy atom. The van der Waals surface area contributed by atoms with Gasteiger partial charge in [0.05, 0.1) is 0 Å². The largest absolute Gasteiger partial charge is 0.462 e. The van der Waals surface area contributed by atoms with Gasteiger partial charge in [0.15, 0.2) is 6.10 Å². The van der Waals surface area contributed by atoms with Gasteiger partial charge in [-0.3, -0.25) is 14.4 Å². The molecule has 6 nitrogen and oxygen atoms in total. The van der Waals surface area contributed by atoms with Gasteiger partial charge < -0.3 is 14.2 Å². The topological polar surface area (TPSA) is 78.9 Å². The van der Waals surface area contributed by atoms with Crippen molar-refractivity contribution in [3.05, 3.63) is 24.3 Å². The molecule has 388 valence electrons. The molecule has 1 unspecified atom stereocenters. The van der Waals surface area contributed by atoms with Crippen molar-refractivity contribution in [2.75, 3.05) is 13.2 Å². The SMILES string of the molecule is CCCCC/C=C\CCCCCCCC(=O)OCC(COC(=O)CCCCCCCCCCCCCCCCCCCCCCC)OC(=O)CCCCCCC/C=C\CCCCCCCC. The highest BCUT2D eigenvalue weighted by Crippen LogP contribution is 2.17. The van der Waals surface area contributed by atoms with Crippen LogP contribution in [0, 0.1) is 0 Å². The van der Waals surface area contributed by atoms with Crippen LogP contribution in [0.2, 0.25) is 0 Å². The lowest BCUT2D eigenvalue weighted by atomic mass is 10.0. The van der Waals surface area contributed by atoms with E-state index in [1.807, 2.05) is 0 Å². The molecule has 1 atom stereocenters. The first-order chi connectivity index (χ1) is 32.5. The Hall–Kier alpha value is -2.11. The van der Waals surface area contributed by atoms with E-state index in [-0.39, 0.29) is 31.1 Å². The summed E-state index contributed by atoms with van der Waals surface area (Å²) < 4.78 is 16.9. The van der Waals surface area contributed by atoms with Crippen LogP contribution in [0.15, 0.2) is 24.3 Å². The summed E-state index contributed by atoms with van der Waals surface area (Å²) in [6.45, 7) is 6.64. The number of hydrogen-bond acceptors (Lipinski definition) is 6. The second-order valence-electron chi connectivity index (χ2n) is 19.9. The van der Waals surface area contributed by atoms with Crippen LogP contribution < -0.4 is 0 Å². The lowest BCUT2D eigenvalue weighted by Crippen LogP contribution is -2.30. The molecule has 0 saturated heterocycles. The van der Waals surface area contributed by atoms with E-state index in [1.54, 1.807) is 0 Å². The molecule has 66 heavy (non-hydrogen) atoms. The first-order valence-corrected chi connectivity index (χ1v) is 29.3. The van der Waals surface area contributed by atoms with Crippen LogP contribution in [-0.2, 0) is 28.6 Å². The zero-order valence-electron chi connectivity index (χ0n) is 44.5. The fourth-order valence-corrected chi connectivity index (χ4v) is 8.73. The van der Waals surface area contributed by atoms with Crippen LogP contribution in [0.25, 0.3) is 0 Å². The van der Waals surface area contributed by atoms with E-state index < -0.39 is 6.10 Å². The fourth-order valence-electron chi connectivity index (χ4n) is 8.73. The normalized spacial score (nSPS) is 12.1.